The van der Waals surface area contributed by atoms with Gasteiger partial charge < -0.3 is 14.6 Å². The van der Waals surface area contributed by atoms with E-state index in [0.29, 0.717) is 13.2 Å². The van der Waals surface area contributed by atoms with Crippen LogP contribution >= 0.6 is 0 Å². The number of benzene rings is 2. The smallest absolute Gasteiger partial charge is 0.143 e. The van der Waals surface area contributed by atoms with Crippen molar-refractivity contribution in [3.8, 4) is 16.9 Å². The number of H-pyrrole nitrogens is 1. The molecule has 2 N–H and O–H groups in total. The summed E-state index contributed by atoms with van der Waals surface area (Å²) in [5, 5.41) is 2.14. The summed E-state index contributed by atoms with van der Waals surface area (Å²) in [5.74, 6) is 0.825. The molecule has 0 saturated carbocycles. The minimum absolute atomic E-state index is 0.644. The van der Waals surface area contributed by atoms with Gasteiger partial charge in [-0.05, 0) is 74.5 Å². The number of nitrogens with one attached hydrogen (secondary N) is 2. The number of pyridine rings is 1. The van der Waals surface area contributed by atoms with Crippen molar-refractivity contribution in [2.75, 3.05) is 33.8 Å². The van der Waals surface area contributed by atoms with E-state index in [1.54, 1.807) is 0 Å². The third-order valence-corrected chi connectivity index (χ3v) is 6.58. The SMILES string of the molecule is CCNS(=O)c1cccc(-c2ccc(OCCCN(C)C)c3[nH]c4ncc(C)cc4c23)c1. The van der Waals surface area contributed by atoms with Gasteiger partial charge in [0, 0.05) is 30.1 Å². The number of hydrogen-bond acceptors (Lipinski definition) is 4. The van der Waals surface area contributed by atoms with Gasteiger partial charge in [0.05, 0.1) is 17.0 Å². The first-order chi connectivity index (χ1) is 15.5. The first-order valence-corrected chi connectivity index (χ1v) is 12.1. The summed E-state index contributed by atoms with van der Waals surface area (Å²) in [6.45, 7) is 6.26. The van der Waals surface area contributed by atoms with Crippen LogP contribution in [0.15, 0.2) is 53.6 Å². The Balaban J connectivity index is 1.82. The van der Waals surface area contributed by atoms with Gasteiger partial charge in [0.1, 0.15) is 22.4 Å². The first kappa shape index (κ1) is 22.5. The Bertz CT molecular complexity index is 1270. The molecule has 6 nitrogen and oxygen atoms in total. The van der Waals surface area contributed by atoms with Crippen molar-refractivity contribution in [2.24, 2.45) is 0 Å². The molecule has 4 rings (SSSR count). The van der Waals surface area contributed by atoms with Crippen LogP contribution in [0.5, 0.6) is 5.75 Å². The maximum absolute atomic E-state index is 12.5. The van der Waals surface area contributed by atoms with E-state index in [1.165, 1.54) is 0 Å². The van der Waals surface area contributed by atoms with Crippen LogP contribution in [0.3, 0.4) is 0 Å². The Morgan fingerprint density at radius 2 is 2.03 bits per heavy atom. The molecule has 0 amide bonds. The van der Waals surface area contributed by atoms with Crippen molar-refractivity contribution in [3.63, 3.8) is 0 Å². The molecule has 1 unspecified atom stereocenters. The molecule has 0 aliphatic heterocycles. The van der Waals surface area contributed by atoms with E-state index in [-0.39, 0.29) is 0 Å². The zero-order valence-corrected chi connectivity index (χ0v) is 19.9. The van der Waals surface area contributed by atoms with Gasteiger partial charge in [-0.1, -0.05) is 19.1 Å². The van der Waals surface area contributed by atoms with Crippen molar-refractivity contribution in [1.82, 2.24) is 19.6 Å². The Morgan fingerprint density at radius 1 is 1.19 bits per heavy atom. The van der Waals surface area contributed by atoms with Gasteiger partial charge in [0.25, 0.3) is 0 Å². The summed E-state index contributed by atoms with van der Waals surface area (Å²) in [6.07, 6.45) is 2.82. The fraction of sp³-hybridized carbons (Fsp3) is 0.320. The Labute approximate surface area is 191 Å². The minimum atomic E-state index is -1.23. The minimum Gasteiger partial charge on any atom is -0.491 e. The summed E-state index contributed by atoms with van der Waals surface area (Å²) in [7, 11) is 2.90. The van der Waals surface area contributed by atoms with Crippen LogP contribution in [0, 0.1) is 6.92 Å². The number of fused-ring (bicyclic) bond motifs is 3. The average molecular weight is 451 g/mol. The van der Waals surface area contributed by atoms with E-state index in [4.69, 9.17) is 4.74 Å². The lowest BCUT2D eigenvalue weighted by molar-refractivity contribution is 0.284. The van der Waals surface area contributed by atoms with Crippen molar-refractivity contribution < 1.29 is 8.95 Å². The number of nitrogens with zero attached hydrogens (tertiary/aromatic N) is 2. The lowest BCUT2D eigenvalue weighted by atomic mass is 9.99. The van der Waals surface area contributed by atoms with Crippen LogP contribution in [0.2, 0.25) is 0 Å². The second-order valence-electron chi connectivity index (χ2n) is 8.19. The number of aryl methyl sites for hydroxylation is 1. The van der Waals surface area contributed by atoms with Crippen LogP contribution in [0.25, 0.3) is 33.1 Å². The van der Waals surface area contributed by atoms with Crippen molar-refractivity contribution in [2.45, 2.75) is 25.2 Å². The van der Waals surface area contributed by atoms with Gasteiger partial charge in [-0.15, -0.1) is 0 Å². The van der Waals surface area contributed by atoms with Crippen molar-refractivity contribution in [1.29, 1.82) is 0 Å². The summed E-state index contributed by atoms with van der Waals surface area (Å²) < 4.78 is 21.7. The quantitative estimate of drug-likeness (QED) is 0.364. The molecule has 4 aromatic rings. The van der Waals surface area contributed by atoms with Gasteiger partial charge in [-0.3, -0.25) is 0 Å². The zero-order valence-electron chi connectivity index (χ0n) is 19.1. The van der Waals surface area contributed by atoms with E-state index in [9.17, 15) is 4.21 Å². The molecular formula is C25H30N4O2S. The third-order valence-electron chi connectivity index (χ3n) is 5.35. The number of hydrogen-bond donors (Lipinski definition) is 2. The maximum Gasteiger partial charge on any atom is 0.143 e. The lowest BCUT2D eigenvalue weighted by Gasteiger charge is -2.13. The lowest BCUT2D eigenvalue weighted by Crippen LogP contribution is -2.16. The predicted molar refractivity (Wildman–Crippen MR) is 133 cm³/mol. The highest BCUT2D eigenvalue weighted by atomic mass is 32.2. The van der Waals surface area contributed by atoms with Gasteiger partial charge >= 0.3 is 0 Å². The Kier molecular flexibility index (Phi) is 6.89. The van der Waals surface area contributed by atoms with Crippen molar-refractivity contribution in [3.05, 3.63) is 54.2 Å². The molecule has 2 aromatic heterocycles. The third kappa shape index (κ3) is 4.70. The second-order valence-corrected chi connectivity index (χ2v) is 9.49. The van der Waals surface area contributed by atoms with Gasteiger partial charge in [-0.2, -0.15) is 0 Å². The molecule has 2 aromatic carbocycles. The molecule has 32 heavy (non-hydrogen) atoms. The van der Waals surface area contributed by atoms with Gasteiger partial charge in [0.15, 0.2) is 0 Å². The first-order valence-electron chi connectivity index (χ1n) is 10.9. The molecule has 168 valence electrons. The predicted octanol–water partition coefficient (Wildman–Crippen LogP) is 4.65. The highest BCUT2D eigenvalue weighted by Crippen LogP contribution is 2.39. The molecule has 0 saturated heterocycles. The monoisotopic (exact) mass is 450 g/mol. The number of rotatable bonds is 9. The van der Waals surface area contributed by atoms with E-state index < -0.39 is 11.0 Å². The van der Waals surface area contributed by atoms with E-state index in [0.717, 1.165) is 62.2 Å². The summed E-state index contributed by atoms with van der Waals surface area (Å²) in [6, 6.07) is 14.2. The Hall–Kier alpha value is -2.74. The largest absolute Gasteiger partial charge is 0.491 e. The molecule has 2 heterocycles. The second kappa shape index (κ2) is 9.81. The van der Waals surface area contributed by atoms with Crippen LogP contribution in [0.4, 0.5) is 0 Å². The van der Waals surface area contributed by atoms with Gasteiger partial charge in [0.2, 0.25) is 0 Å². The normalized spacial score (nSPS) is 12.7. The standard InChI is InChI=1S/C25H30N4O2S/c1-5-27-32(30)19-9-6-8-18(15-19)20-10-11-22(31-13-7-12-29(3)4)24-23(20)21-14-17(2)16-26-25(21)28-24/h6,8-11,14-16,27H,5,7,12-13H2,1-4H3,(H,26,28). The molecule has 1 atom stereocenters. The van der Waals surface area contributed by atoms with Gasteiger partial charge in [-0.25, -0.2) is 13.9 Å². The highest BCUT2D eigenvalue weighted by Gasteiger charge is 2.16. The molecule has 0 aliphatic rings. The fourth-order valence-corrected chi connectivity index (χ4v) is 4.75. The Morgan fingerprint density at radius 3 is 2.81 bits per heavy atom. The summed E-state index contributed by atoms with van der Waals surface area (Å²) in [5.41, 5.74) is 4.96. The fourth-order valence-electron chi connectivity index (χ4n) is 3.88. The van der Waals surface area contributed by atoms with Crippen molar-refractivity contribution >= 4 is 32.9 Å². The number of ether oxygens (including phenoxy) is 1. The maximum atomic E-state index is 12.5. The highest BCUT2D eigenvalue weighted by molar-refractivity contribution is 7.83. The molecule has 0 radical (unpaired) electrons. The number of aromatic amines is 1. The van der Waals surface area contributed by atoms with E-state index in [2.05, 4.69) is 51.9 Å². The molecule has 0 aliphatic carbocycles. The van der Waals surface area contributed by atoms with E-state index in [1.807, 2.05) is 44.3 Å². The number of aromatic nitrogens is 2. The van der Waals surface area contributed by atoms with Crippen LogP contribution in [0.1, 0.15) is 18.9 Å². The molecule has 0 fully saturated rings. The molecule has 7 heteroatoms. The molecule has 0 spiro atoms. The topological polar surface area (TPSA) is 70.2 Å². The van der Waals surface area contributed by atoms with Crippen LogP contribution < -0.4 is 9.46 Å². The zero-order chi connectivity index (χ0) is 22.7. The average Bonchev–Trinajstić information content (AvgIpc) is 3.16. The summed E-state index contributed by atoms with van der Waals surface area (Å²) in [4.78, 5) is 11.0. The molecular weight excluding hydrogens is 420 g/mol. The van der Waals surface area contributed by atoms with Crippen LogP contribution in [-0.2, 0) is 11.0 Å². The summed E-state index contributed by atoms with van der Waals surface area (Å²) >= 11 is 0. The molecule has 0 bridgehead atoms. The van der Waals surface area contributed by atoms with E-state index >= 15 is 0 Å². The van der Waals surface area contributed by atoms with Crippen LogP contribution in [-0.4, -0.2) is 52.9 Å².